The summed E-state index contributed by atoms with van der Waals surface area (Å²) >= 11 is 6.05. The lowest BCUT2D eigenvalue weighted by Gasteiger charge is -2.10. The van der Waals surface area contributed by atoms with Crippen LogP contribution in [-0.2, 0) is 0 Å². The van der Waals surface area contributed by atoms with E-state index in [1.165, 1.54) is 0 Å². The second kappa shape index (κ2) is 7.79. The second-order valence-electron chi connectivity index (χ2n) is 4.82. The predicted octanol–water partition coefficient (Wildman–Crippen LogP) is 3.38. The zero-order chi connectivity index (χ0) is 15.9. The number of nitrogens with one attached hydrogen (secondary N) is 1. The van der Waals surface area contributed by atoms with Gasteiger partial charge in [0.25, 0.3) is 0 Å². The van der Waals surface area contributed by atoms with Crippen LogP contribution in [-0.4, -0.2) is 28.6 Å². The quantitative estimate of drug-likeness (QED) is 0.760. The van der Waals surface area contributed by atoms with Gasteiger partial charge in [0.05, 0.1) is 12.7 Å². The summed E-state index contributed by atoms with van der Waals surface area (Å²) in [4.78, 5) is 12.7. The molecule has 0 unspecified atom stereocenters. The Morgan fingerprint density at radius 3 is 2.77 bits per heavy atom. The number of unbranched alkanes of at least 4 members (excludes halogenated alkanes) is 2. The van der Waals surface area contributed by atoms with Gasteiger partial charge in [-0.25, -0.2) is 0 Å². The molecule has 0 aliphatic carbocycles. The number of rotatable bonds is 7. The molecule has 0 aliphatic heterocycles. The van der Waals surface area contributed by atoms with E-state index in [0.717, 1.165) is 25.8 Å². The van der Waals surface area contributed by atoms with Crippen LogP contribution in [0.4, 0.5) is 11.9 Å². The molecule has 0 atom stereocenters. The first-order chi connectivity index (χ1) is 10.6. The molecule has 0 saturated heterocycles. The molecule has 118 valence electrons. The van der Waals surface area contributed by atoms with Crippen molar-refractivity contribution in [2.45, 2.75) is 26.2 Å². The van der Waals surface area contributed by atoms with Crippen LogP contribution in [0.1, 0.15) is 26.2 Å². The van der Waals surface area contributed by atoms with Gasteiger partial charge in [0.15, 0.2) is 5.82 Å². The lowest BCUT2D eigenvalue weighted by molar-refractivity contribution is 0.416. The molecule has 1 aromatic carbocycles. The van der Waals surface area contributed by atoms with E-state index in [9.17, 15) is 0 Å². The van der Waals surface area contributed by atoms with Gasteiger partial charge in [0.1, 0.15) is 5.75 Å². The maximum Gasteiger partial charge on any atom is 0.228 e. The second-order valence-corrected chi connectivity index (χ2v) is 5.26. The molecule has 6 nitrogen and oxygen atoms in total. The fourth-order valence-electron chi connectivity index (χ4n) is 2.02. The Balaban J connectivity index is 2.28. The summed E-state index contributed by atoms with van der Waals surface area (Å²) < 4.78 is 5.33. The summed E-state index contributed by atoms with van der Waals surface area (Å²) in [6.07, 6.45) is 3.37. The molecule has 2 rings (SSSR count). The molecule has 0 spiro atoms. The SMILES string of the molecule is CCCCCNc1nc(N)nc(-c2cc(Cl)ccc2OC)n1. The van der Waals surface area contributed by atoms with Crippen LogP contribution in [0.3, 0.4) is 0 Å². The molecule has 1 heterocycles. The minimum atomic E-state index is 0.157. The van der Waals surface area contributed by atoms with Crippen LogP contribution >= 0.6 is 11.6 Å². The summed E-state index contributed by atoms with van der Waals surface area (Å²) in [5.74, 6) is 1.68. The maximum atomic E-state index is 6.05. The number of methoxy groups -OCH3 is 1. The number of hydrogen-bond donors (Lipinski definition) is 2. The predicted molar refractivity (Wildman–Crippen MR) is 89.3 cm³/mol. The number of nitrogen functional groups attached to an aromatic ring is 1. The summed E-state index contributed by atoms with van der Waals surface area (Å²) in [6.45, 7) is 2.95. The van der Waals surface area contributed by atoms with Gasteiger partial charge >= 0.3 is 0 Å². The summed E-state index contributed by atoms with van der Waals surface area (Å²) in [5.41, 5.74) is 6.46. The molecule has 3 N–H and O–H groups in total. The molecular weight excluding hydrogens is 302 g/mol. The Kier molecular flexibility index (Phi) is 5.77. The van der Waals surface area contributed by atoms with Gasteiger partial charge in [-0.2, -0.15) is 15.0 Å². The van der Waals surface area contributed by atoms with E-state index in [2.05, 4.69) is 27.2 Å². The van der Waals surface area contributed by atoms with E-state index in [-0.39, 0.29) is 5.95 Å². The van der Waals surface area contributed by atoms with E-state index >= 15 is 0 Å². The van der Waals surface area contributed by atoms with Gasteiger partial charge in [0.2, 0.25) is 11.9 Å². The number of nitrogens with two attached hydrogens (primary N) is 1. The van der Waals surface area contributed by atoms with E-state index in [0.29, 0.717) is 28.1 Å². The molecule has 0 amide bonds. The van der Waals surface area contributed by atoms with Crippen molar-refractivity contribution in [2.75, 3.05) is 24.7 Å². The van der Waals surface area contributed by atoms with Crippen molar-refractivity contribution in [3.05, 3.63) is 23.2 Å². The Labute approximate surface area is 135 Å². The molecule has 22 heavy (non-hydrogen) atoms. The number of ether oxygens (including phenoxy) is 1. The number of halogens is 1. The van der Waals surface area contributed by atoms with Gasteiger partial charge in [0, 0.05) is 11.6 Å². The monoisotopic (exact) mass is 321 g/mol. The Morgan fingerprint density at radius 2 is 2.05 bits per heavy atom. The van der Waals surface area contributed by atoms with Crippen LogP contribution < -0.4 is 15.8 Å². The van der Waals surface area contributed by atoms with Crippen molar-refractivity contribution in [3.63, 3.8) is 0 Å². The van der Waals surface area contributed by atoms with E-state index in [1.54, 1.807) is 25.3 Å². The van der Waals surface area contributed by atoms with Crippen molar-refractivity contribution in [1.82, 2.24) is 15.0 Å². The van der Waals surface area contributed by atoms with Crippen molar-refractivity contribution < 1.29 is 4.74 Å². The molecule has 7 heteroatoms. The number of nitrogens with zero attached hydrogens (tertiary/aromatic N) is 3. The molecule has 0 aliphatic rings. The van der Waals surface area contributed by atoms with Crippen molar-refractivity contribution in [1.29, 1.82) is 0 Å². The van der Waals surface area contributed by atoms with Crippen LogP contribution in [0.2, 0.25) is 5.02 Å². The third-order valence-corrected chi connectivity index (χ3v) is 3.35. The average Bonchev–Trinajstić information content (AvgIpc) is 2.51. The molecule has 2 aromatic rings. The summed E-state index contributed by atoms with van der Waals surface area (Å²) in [5, 5.41) is 3.74. The minimum Gasteiger partial charge on any atom is -0.496 e. The number of anilines is 2. The first kappa shape index (κ1) is 16.3. The highest BCUT2D eigenvalue weighted by atomic mass is 35.5. The first-order valence-electron chi connectivity index (χ1n) is 7.23. The van der Waals surface area contributed by atoms with E-state index in [4.69, 9.17) is 22.1 Å². The molecule has 0 saturated carbocycles. The first-order valence-corrected chi connectivity index (χ1v) is 7.61. The van der Waals surface area contributed by atoms with Crippen molar-refractivity contribution in [3.8, 4) is 17.1 Å². The normalized spacial score (nSPS) is 10.5. The highest BCUT2D eigenvalue weighted by molar-refractivity contribution is 6.30. The zero-order valence-corrected chi connectivity index (χ0v) is 13.5. The Hall–Kier alpha value is -2.08. The lowest BCUT2D eigenvalue weighted by atomic mass is 10.2. The number of hydrogen-bond acceptors (Lipinski definition) is 6. The van der Waals surface area contributed by atoms with Crippen molar-refractivity contribution in [2.24, 2.45) is 0 Å². The number of aromatic nitrogens is 3. The van der Waals surface area contributed by atoms with Gasteiger partial charge in [-0.05, 0) is 24.6 Å². The molecule has 0 radical (unpaired) electrons. The summed E-state index contributed by atoms with van der Waals surface area (Å²) in [6, 6.07) is 5.26. The fourth-order valence-corrected chi connectivity index (χ4v) is 2.19. The fraction of sp³-hybridized carbons (Fsp3) is 0.400. The zero-order valence-electron chi connectivity index (χ0n) is 12.8. The standard InChI is InChI=1S/C15H20ClN5O/c1-3-4-5-8-18-15-20-13(19-14(17)21-15)11-9-10(16)6-7-12(11)22-2/h6-7,9H,3-5,8H2,1-2H3,(H3,17,18,19,20,21). The smallest absolute Gasteiger partial charge is 0.228 e. The van der Waals surface area contributed by atoms with E-state index < -0.39 is 0 Å². The van der Waals surface area contributed by atoms with Gasteiger partial charge in [-0.15, -0.1) is 0 Å². The third-order valence-electron chi connectivity index (χ3n) is 3.12. The van der Waals surface area contributed by atoms with Crippen LogP contribution in [0.15, 0.2) is 18.2 Å². The number of benzene rings is 1. The molecular formula is C15H20ClN5O. The Bertz CT molecular complexity index is 635. The Morgan fingerprint density at radius 1 is 1.23 bits per heavy atom. The van der Waals surface area contributed by atoms with Gasteiger partial charge in [-0.3, -0.25) is 0 Å². The van der Waals surface area contributed by atoms with Crippen LogP contribution in [0.25, 0.3) is 11.4 Å². The van der Waals surface area contributed by atoms with Gasteiger partial charge in [-0.1, -0.05) is 31.4 Å². The molecule has 0 fully saturated rings. The van der Waals surface area contributed by atoms with Gasteiger partial charge < -0.3 is 15.8 Å². The highest BCUT2D eigenvalue weighted by Crippen LogP contribution is 2.30. The van der Waals surface area contributed by atoms with E-state index in [1.807, 2.05) is 0 Å². The lowest BCUT2D eigenvalue weighted by Crippen LogP contribution is -2.09. The maximum absolute atomic E-state index is 6.05. The average molecular weight is 322 g/mol. The van der Waals surface area contributed by atoms with Crippen LogP contribution in [0.5, 0.6) is 5.75 Å². The van der Waals surface area contributed by atoms with Crippen molar-refractivity contribution >= 4 is 23.5 Å². The van der Waals surface area contributed by atoms with Crippen LogP contribution in [0, 0.1) is 0 Å². The third kappa shape index (κ3) is 4.21. The topological polar surface area (TPSA) is 86.0 Å². The molecule has 1 aromatic heterocycles. The molecule has 0 bridgehead atoms. The largest absolute Gasteiger partial charge is 0.496 e. The summed E-state index contributed by atoms with van der Waals surface area (Å²) in [7, 11) is 1.58. The highest BCUT2D eigenvalue weighted by Gasteiger charge is 2.12. The minimum absolute atomic E-state index is 0.157.